The van der Waals surface area contributed by atoms with Crippen LogP contribution in [0.2, 0.25) is 5.02 Å². The van der Waals surface area contributed by atoms with Crippen LogP contribution in [0.3, 0.4) is 0 Å². The maximum absolute atomic E-state index is 13.4. The monoisotopic (exact) mass is 515 g/mol. The van der Waals surface area contributed by atoms with E-state index in [9.17, 15) is 9.18 Å². The van der Waals surface area contributed by atoms with Crippen LogP contribution in [-0.4, -0.2) is 25.5 Å². The van der Waals surface area contributed by atoms with Crippen molar-refractivity contribution in [2.45, 2.75) is 26.9 Å². The molecule has 2 heterocycles. The lowest BCUT2D eigenvalue weighted by Gasteiger charge is -2.08. The number of aromatic nitrogens is 4. The standard InChI is InChI=1S/C23H20BrClFN5O/c1-14-21(24)15(2)31(28-14)12-16-5-3-7-18(9-16)23(32)27-22-20(25)13-30(29-22)11-17-6-4-8-19(26)10-17/h3-10,13H,11-12H2,1-2H3,(H,27,29,32). The number of benzene rings is 2. The molecule has 0 spiro atoms. The van der Waals surface area contributed by atoms with Crippen LogP contribution in [0, 0.1) is 19.7 Å². The number of nitrogens with zero attached hydrogens (tertiary/aromatic N) is 4. The van der Waals surface area contributed by atoms with E-state index in [1.54, 1.807) is 29.1 Å². The van der Waals surface area contributed by atoms with Crippen molar-refractivity contribution in [3.8, 4) is 0 Å². The molecule has 6 nitrogen and oxygen atoms in total. The molecule has 1 amide bonds. The highest BCUT2D eigenvalue weighted by Gasteiger charge is 2.14. The average molecular weight is 517 g/mol. The molecule has 0 saturated carbocycles. The average Bonchev–Trinajstić information content (AvgIpc) is 3.21. The van der Waals surface area contributed by atoms with Gasteiger partial charge in [0.1, 0.15) is 10.8 Å². The zero-order valence-corrected chi connectivity index (χ0v) is 19.8. The molecule has 0 radical (unpaired) electrons. The molecule has 2 aromatic heterocycles. The van der Waals surface area contributed by atoms with Crippen LogP contribution in [0.5, 0.6) is 0 Å². The summed E-state index contributed by atoms with van der Waals surface area (Å²) >= 11 is 9.79. The molecular formula is C23H20BrClFN5O. The van der Waals surface area contributed by atoms with Crippen molar-refractivity contribution < 1.29 is 9.18 Å². The number of amides is 1. The first kappa shape index (κ1) is 22.2. The molecule has 2 aromatic carbocycles. The van der Waals surface area contributed by atoms with Gasteiger partial charge in [-0.25, -0.2) is 4.39 Å². The fourth-order valence-corrected chi connectivity index (χ4v) is 3.86. The summed E-state index contributed by atoms with van der Waals surface area (Å²) in [7, 11) is 0. The molecule has 4 aromatic rings. The van der Waals surface area contributed by atoms with Gasteiger partial charge in [0.25, 0.3) is 5.91 Å². The van der Waals surface area contributed by atoms with E-state index >= 15 is 0 Å². The predicted molar refractivity (Wildman–Crippen MR) is 126 cm³/mol. The SMILES string of the molecule is Cc1nn(Cc2cccc(C(=O)Nc3nn(Cc4cccc(F)c4)cc3Cl)c2)c(C)c1Br. The van der Waals surface area contributed by atoms with E-state index in [1.165, 1.54) is 12.1 Å². The van der Waals surface area contributed by atoms with Crippen LogP contribution in [0.4, 0.5) is 10.2 Å². The van der Waals surface area contributed by atoms with E-state index in [0.29, 0.717) is 23.7 Å². The molecule has 0 fully saturated rings. The predicted octanol–water partition coefficient (Wildman–Crippen LogP) is 5.60. The third-order valence-electron chi connectivity index (χ3n) is 5.00. The van der Waals surface area contributed by atoms with Gasteiger partial charge < -0.3 is 5.32 Å². The maximum Gasteiger partial charge on any atom is 0.256 e. The van der Waals surface area contributed by atoms with E-state index in [0.717, 1.165) is 27.0 Å². The zero-order valence-electron chi connectivity index (χ0n) is 17.4. The van der Waals surface area contributed by atoms with Gasteiger partial charge in [-0.3, -0.25) is 14.2 Å². The minimum atomic E-state index is -0.320. The highest BCUT2D eigenvalue weighted by molar-refractivity contribution is 9.10. The Hall–Kier alpha value is -2.97. The van der Waals surface area contributed by atoms with Crippen LogP contribution in [-0.2, 0) is 13.1 Å². The van der Waals surface area contributed by atoms with Gasteiger partial charge in [-0.2, -0.15) is 10.2 Å². The summed E-state index contributed by atoms with van der Waals surface area (Å²) in [5, 5.41) is 11.9. The van der Waals surface area contributed by atoms with Crippen LogP contribution >= 0.6 is 27.5 Å². The second-order valence-electron chi connectivity index (χ2n) is 7.45. The Bertz CT molecular complexity index is 1300. The third kappa shape index (κ3) is 4.92. The Labute approximate surface area is 198 Å². The molecule has 0 saturated heterocycles. The lowest BCUT2D eigenvalue weighted by Crippen LogP contribution is -2.14. The first-order valence-electron chi connectivity index (χ1n) is 9.87. The Kier molecular flexibility index (Phi) is 6.43. The Morgan fingerprint density at radius 1 is 1.09 bits per heavy atom. The third-order valence-corrected chi connectivity index (χ3v) is 6.42. The van der Waals surface area contributed by atoms with Crippen molar-refractivity contribution in [1.82, 2.24) is 19.6 Å². The molecule has 0 unspecified atom stereocenters. The number of carbonyl (C=O) groups excluding carboxylic acids is 1. The van der Waals surface area contributed by atoms with E-state index in [4.69, 9.17) is 11.6 Å². The first-order valence-corrected chi connectivity index (χ1v) is 11.0. The summed E-state index contributed by atoms with van der Waals surface area (Å²) in [5.41, 5.74) is 4.11. The van der Waals surface area contributed by atoms with Crippen LogP contribution in [0.15, 0.2) is 59.2 Å². The van der Waals surface area contributed by atoms with E-state index in [-0.39, 0.29) is 17.5 Å². The zero-order chi connectivity index (χ0) is 22.8. The summed E-state index contributed by atoms with van der Waals surface area (Å²) in [6.45, 7) is 4.81. The lowest BCUT2D eigenvalue weighted by molar-refractivity contribution is 0.102. The minimum Gasteiger partial charge on any atom is -0.304 e. The maximum atomic E-state index is 13.4. The molecule has 32 heavy (non-hydrogen) atoms. The number of rotatable bonds is 6. The molecule has 0 aliphatic carbocycles. The number of aryl methyl sites for hydroxylation is 1. The normalized spacial score (nSPS) is 11.0. The van der Waals surface area contributed by atoms with Gasteiger partial charge in [0, 0.05) is 11.8 Å². The second-order valence-corrected chi connectivity index (χ2v) is 8.65. The number of nitrogens with one attached hydrogen (secondary N) is 1. The number of hydrogen-bond acceptors (Lipinski definition) is 3. The molecule has 0 atom stereocenters. The largest absolute Gasteiger partial charge is 0.304 e. The Morgan fingerprint density at radius 2 is 1.81 bits per heavy atom. The summed E-state index contributed by atoms with van der Waals surface area (Å²) in [6.07, 6.45) is 1.60. The Morgan fingerprint density at radius 3 is 2.50 bits per heavy atom. The van der Waals surface area contributed by atoms with Gasteiger partial charge in [-0.15, -0.1) is 0 Å². The van der Waals surface area contributed by atoms with Crippen LogP contribution < -0.4 is 5.32 Å². The molecule has 9 heteroatoms. The topological polar surface area (TPSA) is 64.7 Å². The number of hydrogen-bond donors (Lipinski definition) is 1. The summed E-state index contributed by atoms with van der Waals surface area (Å²) < 4.78 is 17.8. The van der Waals surface area contributed by atoms with E-state index < -0.39 is 0 Å². The fraction of sp³-hybridized carbons (Fsp3) is 0.174. The minimum absolute atomic E-state index is 0.251. The molecule has 0 bridgehead atoms. The smallest absolute Gasteiger partial charge is 0.256 e. The first-order chi connectivity index (χ1) is 15.3. The summed E-state index contributed by atoms with van der Waals surface area (Å²) in [6, 6.07) is 13.6. The highest BCUT2D eigenvalue weighted by atomic mass is 79.9. The van der Waals surface area contributed by atoms with E-state index in [2.05, 4.69) is 31.4 Å². The summed E-state index contributed by atoms with van der Waals surface area (Å²) in [4.78, 5) is 12.8. The number of anilines is 1. The number of carbonyl (C=O) groups is 1. The van der Waals surface area contributed by atoms with Crippen LogP contribution in [0.25, 0.3) is 0 Å². The van der Waals surface area contributed by atoms with Crippen molar-refractivity contribution >= 4 is 39.3 Å². The summed E-state index contributed by atoms with van der Waals surface area (Å²) in [5.74, 6) is -0.387. The Balaban J connectivity index is 1.48. The van der Waals surface area contributed by atoms with Gasteiger partial charge in [-0.05, 0) is 65.2 Å². The van der Waals surface area contributed by atoms with Gasteiger partial charge in [0.15, 0.2) is 5.82 Å². The van der Waals surface area contributed by atoms with E-state index in [1.807, 2.05) is 36.7 Å². The fourth-order valence-electron chi connectivity index (χ4n) is 3.38. The molecular weight excluding hydrogens is 497 g/mol. The highest BCUT2D eigenvalue weighted by Crippen LogP contribution is 2.23. The van der Waals surface area contributed by atoms with Crippen LogP contribution in [0.1, 0.15) is 32.9 Å². The molecule has 1 N–H and O–H groups in total. The molecule has 0 aliphatic heterocycles. The van der Waals surface area contributed by atoms with Gasteiger partial charge >= 0.3 is 0 Å². The molecule has 4 rings (SSSR count). The second kappa shape index (κ2) is 9.26. The lowest BCUT2D eigenvalue weighted by atomic mass is 10.1. The quantitative estimate of drug-likeness (QED) is 0.363. The van der Waals surface area contributed by atoms with Crippen molar-refractivity contribution in [2.24, 2.45) is 0 Å². The van der Waals surface area contributed by atoms with Crippen molar-refractivity contribution in [1.29, 1.82) is 0 Å². The van der Waals surface area contributed by atoms with Gasteiger partial charge in [0.2, 0.25) is 0 Å². The van der Waals surface area contributed by atoms with Crippen molar-refractivity contribution in [2.75, 3.05) is 5.32 Å². The van der Waals surface area contributed by atoms with Gasteiger partial charge in [0.05, 0.1) is 29.0 Å². The molecule has 0 aliphatic rings. The van der Waals surface area contributed by atoms with Crippen molar-refractivity contribution in [3.63, 3.8) is 0 Å². The number of halogens is 3. The van der Waals surface area contributed by atoms with Gasteiger partial charge in [-0.1, -0.05) is 35.9 Å². The molecule has 164 valence electrons. The van der Waals surface area contributed by atoms with Crippen molar-refractivity contribution in [3.05, 3.63) is 98.1 Å².